The quantitative estimate of drug-likeness (QED) is 0.208. The topological polar surface area (TPSA) is 74.6 Å². The Balaban J connectivity index is 0. The molecule has 0 aliphatic carbocycles. The van der Waals surface area contributed by atoms with Gasteiger partial charge in [-0.2, -0.15) is 8.42 Å². The summed E-state index contributed by atoms with van der Waals surface area (Å²) in [7, 11) is -4.67. The van der Waals surface area contributed by atoms with Gasteiger partial charge in [0, 0.05) is 0 Å². The van der Waals surface area contributed by atoms with Crippen molar-refractivity contribution < 1.29 is 17.5 Å². The predicted molar refractivity (Wildman–Crippen MR) is 104 cm³/mol. The van der Waals surface area contributed by atoms with Crippen LogP contribution in [0.5, 0.6) is 0 Å². The van der Waals surface area contributed by atoms with Crippen molar-refractivity contribution in [1.82, 2.24) is 0 Å². The molecule has 0 aliphatic rings. The Labute approximate surface area is 168 Å². The zero-order valence-electron chi connectivity index (χ0n) is 16.3. The maximum absolute atomic E-state index is 8.74. The van der Waals surface area contributed by atoms with Gasteiger partial charge in [0.15, 0.2) is 0 Å². The average Bonchev–Trinajstić information content (AvgIpc) is 2.48. The van der Waals surface area contributed by atoms with Gasteiger partial charge in [-0.3, -0.25) is 9.11 Å². The molecule has 2 N–H and O–H groups in total. The molecule has 0 spiro atoms. The van der Waals surface area contributed by atoms with Gasteiger partial charge >= 0.3 is 119 Å². The second kappa shape index (κ2) is 20.2. The summed E-state index contributed by atoms with van der Waals surface area (Å²) in [4.78, 5) is 0. The molecule has 1 unspecified atom stereocenters. The molecule has 24 heavy (non-hydrogen) atoms. The van der Waals surface area contributed by atoms with E-state index in [1.165, 1.54) is 121 Å². The van der Waals surface area contributed by atoms with E-state index in [-0.39, 0.29) is 0 Å². The van der Waals surface area contributed by atoms with Gasteiger partial charge in [-0.25, -0.2) is 0 Å². The largest absolute Gasteiger partial charge is 0.394 e. The molecule has 6 heteroatoms. The molecule has 1 atom stereocenters. The van der Waals surface area contributed by atoms with E-state index in [1.54, 1.807) is 0 Å². The fourth-order valence-corrected chi connectivity index (χ4v) is 3.37. The molecular formula is C18H39NaO4S. The summed E-state index contributed by atoms with van der Waals surface area (Å²) < 4.78 is 33.1. The van der Waals surface area contributed by atoms with Gasteiger partial charge in [0.2, 0.25) is 0 Å². The van der Waals surface area contributed by atoms with E-state index in [4.69, 9.17) is 17.5 Å². The molecule has 0 fully saturated rings. The molecule has 0 amide bonds. The number of hydrogen-bond donors (Lipinski definition) is 2. The summed E-state index contributed by atoms with van der Waals surface area (Å²) >= 11 is 1.41. The van der Waals surface area contributed by atoms with Crippen LogP contribution >= 0.6 is 0 Å². The number of unbranched alkanes of at least 4 members (excludes halogenated alkanes) is 10. The van der Waals surface area contributed by atoms with Crippen LogP contribution in [0.2, 0.25) is 3.67 Å². The summed E-state index contributed by atoms with van der Waals surface area (Å²) in [5, 5.41) is 0. The van der Waals surface area contributed by atoms with Crippen LogP contribution in [0.1, 0.15) is 104 Å². The van der Waals surface area contributed by atoms with Crippen molar-refractivity contribution in [2.24, 2.45) is 5.92 Å². The first-order valence-corrected chi connectivity index (χ1v) is 12.8. The minimum absolute atomic E-state index is 0.982. The average molecular weight is 375 g/mol. The van der Waals surface area contributed by atoms with Crippen molar-refractivity contribution in [2.45, 2.75) is 107 Å². The fraction of sp³-hybridized carbons (Fsp3) is 1.00. The summed E-state index contributed by atoms with van der Waals surface area (Å²) in [6, 6.07) is 0. The van der Waals surface area contributed by atoms with Crippen molar-refractivity contribution in [3.8, 4) is 0 Å². The maximum Gasteiger partial charge on any atom is 0.394 e. The Hall–Kier alpha value is 0.870. The van der Waals surface area contributed by atoms with Crippen LogP contribution in [0.4, 0.5) is 0 Å². The molecule has 0 heterocycles. The normalized spacial score (nSPS) is 12.6. The van der Waals surface area contributed by atoms with Gasteiger partial charge in [-0.1, -0.05) is 32.6 Å². The summed E-state index contributed by atoms with van der Waals surface area (Å²) in [5.74, 6) is 0.982. The van der Waals surface area contributed by atoms with Gasteiger partial charge in [0.25, 0.3) is 0 Å². The second-order valence-electron chi connectivity index (χ2n) is 7.02. The first-order chi connectivity index (χ1) is 11.3. The summed E-state index contributed by atoms with van der Waals surface area (Å²) in [5.41, 5.74) is 0. The van der Waals surface area contributed by atoms with Gasteiger partial charge in [0.1, 0.15) is 0 Å². The standard InChI is InChI=1S/C18H37.Na.H2O4S/c1-4-6-8-10-11-12-13-15-17-18(3)16-14-9-7-5-2;;1-5(2,3)4/h18H,2,4-17H2,1,3H3;;(H2,1,2,3,4). The monoisotopic (exact) mass is 374 g/mol. The molecule has 0 saturated heterocycles. The van der Waals surface area contributed by atoms with Gasteiger partial charge < -0.3 is 0 Å². The van der Waals surface area contributed by atoms with Crippen LogP contribution in [0.3, 0.4) is 0 Å². The van der Waals surface area contributed by atoms with Crippen molar-refractivity contribution >= 4 is 38.3 Å². The van der Waals surface area contributed by atoms with Gasteiger partial charge in [0.05, 0.1) is 0 Å². The fourth-order valence-electron chi connectivity index (χ4n) is 2.87. The van der Waals surface area contributed by atoms with Crippen molar-refractivity contribution in [3.05, 3.63) is 0 Å². The molecule has 0 rings (SSSR count). The molecule has 0 aromatic carbocycles. The molecule has 0 saturated carbocycles. The molecule has 4 nitrogen and oxygen atoms in total. The molecule has 0 aliphatic heterocycles. The number of rotatable bonds is 15. The van der Waals surface area contributed by atoms with Crippen LogP contribution in [0.15, 0.2) is 0 Å². The molecule has 142 valence electrons. The molecule has 0 bridgehead atoms. The first kappa shape index (κ1) is 27.1. The smallest absolute Gasteiger partial charge is 0.264 e. The van der Waals surface area contributed by atoms with Crippen LogP contribution in [0.25, 0.3) is 0 Å². The minimum Gasteiger partial charge on any atom is -0.264 e. The van der Waals surface area contributed by atoms with Crippen molar-refractivity contribution in [3.63, 3.8) is 0 Å². The van der Waals surface area contributed by atoms with E-state index in [9.17, 15) is 0 Å². The maximum atomic E-state index is 8.74. The Bertz CT molecular complexity index is 326. The first-order valence-electron chi connectivity index (χ1n) is 10.0. The zero-order chi connectivity index (χ0) is 18.7. The third-order valence-corrected chi connectivity index (χ3v) is 5.06. The van der Waals surface area contributed by atoms with Crippen LogP contribution < -0.4 is 0 Å². The molecule has 0 aromatic rings. The van der Waals surface area contributed by atoms with Crippen LogP contribution in [0, 0.1) is 5.92 Å². The number of hydrogen-bond acceptors (Lipinski definition) is 2. The third-order valence-electron chi connectivity index (χ3n) is 4.35. The summed E-state index contributed by atoms with van der Waals surface area (Å²) in [6.07, 6.45) is 20.6. The Morgan fingerprint density at radius 1 is 0.750 bits per heavy atom. The minimum atomic E-state index is -4.67. The third kappa shape index (κ3) is 34.3. The Kier molecular flexibility index (Phi) is 22.8. The van der Waals surface area contributed by atoms with Crippen molar-refractivity contribution in [1.29, 1.82) is 0 Å². The van der Waals surface area contributed by atoms with E-state index in [2.05, 4.69) is 13.8 Å². The van der Waals surface area contributed by atoms with E-state index in [1.807, 2.05) is 0 Å². The summed E-state index contributed by atoms with van der Waals surface area (Å²) in [6.45, 7) is 4.76. The van der Waals surface area contributed by atoms with E-state index in [0.717, 1.165) is 5.92 Å². The molecular weight excluding hydrogens is 335 g/mol. The predicted octanol–water partition coefficient (Wildman–Crippen LogP) is 6.04. The van der Waals surface area contributed by atoms with Crippen LogP contribution in [-0.2, 0) is 10.4 Å². The van der Waals surface area contributed by atoms with Gasteiger partial charge in [-0.15, -0.1) is 0 Å². The Morgan fingerprint density at radius 2 is 1.08 bits per heavy atom. The second-order valence-corrected chi connectivity index (χ2v) is 8.92. The SMILES string of the molecule is CCCCCCCCCCC(C)CCCCC[CH2][Na].O=S(=O)(O)O. The van der Waals surface area contributed by atoms with E-state index >= 15 is 0 Å². The van der Waals surface area contributed by atoms with Crippen molar-refractivity contribution in [2.75, 3.05) is 0 Å². The molecule has 0 aromatic heterocycles. The van der Waals surface area contributed by atoms with Crippen LogP contribution in [-0.4, -0.2) is 45.5 Å². The zero-order valence-corrected chi connectivity index (χ0v) is 19.1. The van der Waals surface area contributed by atoms with Gasteiger partial charge in [-0.05, 0) is 0 Å². The van der Waals surface area contributed by atoms with E-state index < -0.39 is 10.4 Å². The Morgan fingerprint density at radius 3 is 1.46 bits per heavy atom. The molecule has 0 radical (unpaired) electrons. The van der Waals surface area contributed by atoms with E-state index in [0.29, 0.717) is 0 Å².